The Labute approximate surface area is 181 Å². The number of fused-ring (bicyclic) bond motifs is 1. The van der Waals surface area contributed by atoms with Gasteiger partial charge in [0.15, 0.2) is 0 Å². The number of carbonyl (C=O) groups is 2. The van der Waals surface area contributed by atoms with Gasteiger partial charge in [-0.05, 0) is 49.1 Å². The second-order valence-electron chi connectivity index (χ2n) is 8.18. The highest BCUT2D eigenvalue weighted by molar-refractivity contribution is 5.84. The number of amides is 2. The highest BCUT2D eigenvalue weighted by atomic mass is 19.1. The molecule has 2 amide bonds. The van der Waals surface area contributed by atoms with Crippen LogP contribution in [0.15, 0.2) is 54.9 Å². The number of benzene rings is 2. The summed E-state index contributed by atoms with van der Waals surface area (Å²) >= 11 is 0. The molecule has 0 bridgehead atoms. The predicted octanol–water partition coefficient (Wildman–Crippen LogP) is 2.73. The average molecular weight is 423 g/mol. The predicted molar refractivity (Wildman–Crippen MR) is 116 cm³/mol. The Morgan fingerprint density at radius 3 is 2.68 bits per heavy atom. The Morgan fingerprint density at radius 2 is 1.94 bits per heavy atom. The zero-order chi connectivity index (χ0) is 22.0. The number of aryl methyl sites for hydroxylation is 2. The largest absolute Gasteiger partial charge is 0.354 e. The van der Waals surface area contributed by atoms with E-state index in [0.29, 0.717) is 19.5 Å². The number of rotatable bonds is 6. The molecule has 0 aromatic heterocycles. The topological polar surface area (TPSA) is 64.7 Å². The number of hydrazine groups is 1. The quantitative estimate of drug-likeness (QED) is 0.752. The molecule has 1 saturated heterocycles. The third-order valence-electron chi connectivity index (χ3n) is 5.83. The minimum absolute atomic E-state index is 0.0232. The van der Waals surface area contributed by atoms with E-state index in [1.165, 1.54) is 28.8 Å². The van der Waals surface area contributed by atoms with Crippen LogP contribution < -0.4 is 10.7 Å². The molecule has 4 rings (SSSR count). The molecular weight excluding hydrogens is 395 g/mol. The van der Waals surface area contributed by atoms with Gasteiger partial charge >= 0.3 is 0 Å². The van der Waals surface area contributed by atoms with Gasteiger partial charge in [-0.2, -0.15) is 0 Å². The highest BCUT2D eigenvalue weighted by Crippen LogP contribution is 2.32. The van der Waals surface area contributed by atoms with Gasteiger partial charge in [0.05, 0.1) is 12.5 Å². The third kappa shape index (κ3) is 4.77. The Kier molecular flexibility index (Phi) is 6.04. The molecule has 31 heavy (non-hydrogen) atoms. The lowest BCUT2D eigenvalue weighted by Gasteiger charge is -2.31. The lowest BCUT2D eigenvalue weighted by Crippen LogP contribution is -2.49. The van der Waals surface area contributed by atoms with Crippen LogP contribution in [0.1, 0.15) is 34.7 Å². The van der Waals surface area contributed by atoms with Crippen molar-refractivity contribution in [1.29, 1.82) is 0 Å². The zero-order valence-corrected chi connectivity index (χ0v) is 17.8. The first kappa shape index (κ1) is 21.1. The van der Waals surface area contributed by atoms with Crippen molar-refractivity contribution in [2.24, 2.45) is 0 Å². The van der Waals surface area contributed by atoms with E-state index in [1.807, 2.05) is 11.2 Å². The van der Waals surface area contributed by atoms with Crippen LogP contribution in [-0.2, 0) is 16.0 Å². The Morgan fingerprint density at radius 1 is 1.16 bits per heavy atom. The van der Waals surface area contributed by atoms with Crippen molar-refractivity contribution < 1.29 is 14.0 Å². The van der Waals surface area contributed by atoms with Gasteiger partial charge in [-0.1, -0.05) is 35.9 Å². The molecule has 0 spiro atoms. The maximum atomic E-state index is 13.0. The minimum Gasteiger partial charge on any atom is -0.354 e. The maximum Gasteiger partial charge on any atom is 0.250 e. The molecule has 6 nitrogen and oxygen atoms in total. The van der Waals surface area contributed by atoms with Gasteiger partial charge in [-0.25, -0.2) is 9.82 Å². The molecule has 2 aliphatic heterocycles. The van der Waals surface area contributed by atoms with Crippen molar-refractivity contribution >= 4 is 11.8 Å². The molecule has 2 atom stereocenters. The first-order chi connectivity index (χ1) is 14.9. The zero-order valence-electron chi connectivity index (χ0n) is 17.8. The Hall–Kier alpha value is -3.19. The summed E-state index contributed by atoms with van der Waals surface area (Å²) in [5, 5.41) is 4.72. The van der Waals surface area contributed by atoms with Crippen molar-refractivity contribution in [2.45, 2.75) is 38.8 Å². The summed E-state index contributed by atoms with van der Waals surface area (Å²) in [5.41, 5.74) is 7.83. The number of nitrogens with one attached hydrogen (secondary N) is 2. The number of halogens is 1. The van der Waals surface area contributed by atoms with Crippen molar-refractivity contribution in [3.8, 4) is 0 Å². The molecule has 162 valence electrons. The summed E-state index contributed by atoms with van der Waals surface area (Å²) in [5.74, 6) is -0.455. The Bertz CT molecular complexity index is 1010. The van der Waals surface area contributed by atoms with Gasteiger partial charge in [0.1, 0.15) is 11.9 Å². The average Bonchev–Trinajstić information content (AvgIpc) is 3.16. The Balaban J connectivity index is 1.29. The van der Waals surface area contributed by atoms with Crippen molar-refractivity contribution in [3.63, 3.8) is 0 Å². The monoisotopic (exact) mass is 422 g/mol. The van der Waals surface area contributed by atoms with E-state index in [-0.39, 0.29) is 36.1 Å². The molecule has 1 fully saturated rings. The molecule has 2 N–H and O–H groups in total. The molecule has 2 heterocycles. The first-order valence-electron chi connectivity index (χ1n) is 10.5. The molecule has 2 aromatic rings. The van der Waals surface area contributed by atoms with Crippen LogP contribution in [0.2, 0.25) is 0 Å². The van der Waals surface area contributed by atoms with Crippen molar-refractivity contribution in [3.05, 3.63) is 82.9 Å². The molecule has 2 unspecified atom stereocenters. The summed E-state index contributed by atoms with van der Waals surface area (Å²) in [7, 11) is 0. The molecule has 0 radical (unpaired) electrons. The molecule has 0 saturated carbocycles. The van der Waals surface area contributed by atoms with Crippen LogP contribution >= 0.6 is 0 Å². The van der Waals surface area contributed by atoms with Crippen molar-refractivity contribution in [1.82, 2.24) is 20.7 Å². The maximum absolute atomic E-state index is 13.0. The van der Waals surface area contributed by atoms with Gasteiger partial charge in [0.25, 0.3) is 5.91 Å². The van der Waals surface area contributed by atoms with Crippen LogP contribution in [0.25, 0.3) is 0 Å². The normalized spacial score (nSPS) is 20.2. The number of hydrogen-bond donors (Lipinski definition) is 2. The van der Waals surface area contributed by atoms with E-state index in [0.717, 1.165) is 5.56 Å². The summed E-state index contributed by atoms with van der Waals surface area (Å²) in [6, 6.07) is 12.1. The van der Waals surface area contributed by atoms with E-state index in [4.69, 9.17) is 0 Å². The molecule has 2 aliphatic rings. The van der Waals surface area contributed by atoms with E-state index < -0.39 is 0 Å². The van der Waals surface area contributed by atoms with Crippen LogP contribution in [0.3, 0.4) is 0 Å². The van der Waals surface area contributed by atoms with E-state index in [9.17, 15) is 14.0 Å². The van der Waals surface area contributed by atoms with Gasteiger partial charge < -0.3 is 15.2 Å². The number of nitrogens with zero attached hydrogens (tertiary/aromatic N) is 2. The molecule has 2 aromatic carbocycles. The fourth-order valence-corrected chi connectivity index (χ4v) is 4.21. The van der Waals surface area contributed by atoms with Gasteiger partial charge in [0, 0.05) is 25.5 Å². The lowest BCUT2D eigenvalue weighted by atomic mass is 9.96. The van der Waals surface area contributed by atoms with Crippen LogP contribution in [0.4, 0.5) is 4.39 Å². The standard InChI is InChI=1S/C24H27FN4O2/c1-16-3-8-20(17(2)13-16)21-15-22-24(31)28(11-12-29(22)27-21)10-9-26-23(30)14-18-4-6-19(25)7-5-18/h3-8,11-13,21-22,27H,9-10,14-15H2,1-2H3,(H,26,30). The van der Waals surface area contributed by atoms with Gasteiger partial charge in [-0.3, -0.25) is 9.59 Å². The number of carbonyl (C=O) groups excluding carboxylic acids is 2. The van der Waals surface area contributed by atoms with Gasteiger partial charge in [-0.15, -0.1) is 0 Å². The van der Waals surface area contributed by atoms with E-state index in [2.05, 4.69) is 42.8 Å². The summed E-state index contributed by atoms with van der Waals surface area (Å²) in [4.78, 5) is 26.7. The second kappa shape index (κ2) is 8.89. The van der Waals surface area contributed by atoms with Crippen molar-refractivity contribution in [2.75, 3.05) is 13.1 Å². The second-order valence-corrected chi connectivity index (χ2v) is 8.18. The molecule has 0 aliphatic carbocycles. The molecule has 7 heteroatoms. The smallest absolute Gasteiger partial charge is 0.250 e. The summed E-state index contributed by atoms with van der Waals surface area (Å²) < 4.78 is 13.0. The van der Waals surface area contributed by atoms with Crippen LogP contribution in [0, 0.1) is 19.7 Å². The highest BCUT2D eigenvalue weighted by Gasteiger charge is 2.40. The number of hydrogen-bond acceptors (Lipinski definition) is 4. The van der Waals surface area contributed by atoms with E-state index >= 15 is 0 Å². The third-order valence-corrected chi connectivity index (χ3v) is 5.83. The van der Waals surface area contributed by atoms with Gasteiger partial charge in [0.2, 0.25) is 5.91 Å². The SMILES string of the molecule is Cc1ccc(C2CC3C(=O)N(CCNC(=O)Cc4ccc(F)cc4)C=CN3N2)c(C)c1. The van der Waals surface area contributed by atoms with E-state index in [1.54, 1.807) is 23.2 Å². The fourth-order valence-electron chi connectivity index (χ4n) is 4.21. The fraction of sp³-hybridized carbons (Fsp3) is 0.333. The summed E-state index contributed by atoms with van der Waals surface area (Å²) in [6.07, 6.45) is 4.51. The van der Waals surface area contributed by atoms with Crippen LogP contribution in [0.5, 0.6) is 0 Å². The lowest BCUT2D eigenvalue weighted by molar-refractivity contribution is -0.134. The molecular formula is C24H27FN4O2. The minimum atomic E-state index is -0.324. The first-order valence-corrected chi connectivity index (χ1v) is 10.5. The summed E-state index contributed by atoms with van der Waals surface area (Å²) in [6.45, 7) is 4.93. The van der Waals surface area contributed by atoms with Crippen LogP contribution in [-0.4, -0.2) is 40.9 Å².